The second-order valence-corrected chi connectivity index (χ2v) is 5.98. The number of benzene rings is 2. The van der Waals surface area contributed by atoms with E-state index >= 15 is 0 Å². The van der Waals surface area contributed by atoms with Gasteiger partial charge in [-0.25, -0.2) is 4.79 Å². The van der Waals surface area contributed by atoms with Gasteiger partial charge < -0.3 is 15.7 Å². The van der Waals surface area contributed by atoms with Crippen molar-refractivity contribution in [3.8, 4) is 0 Å². The summed E-state index contributed by atoms with van der Waals surface area (Å²) in [4.78, 5) is 33.5. The maximum atomic E-state index is 12.0. The Bertz CT molecular complexity index is 778. The van der Waals surface area contributed by atoms with Crippen molar-refractivity contribution in [3.05, 3.63) is 70.3 Å². The maximum Gasteiger partial charge on any atom is 0.326 e. The third-order valence-electron chi connectivity index (χ3n) is 3.90. The third kappa shape index (κ3) is 6.77. The van der Waals surface area contributed by atoms with Gasteiger partial charge in [0.05, 0.1) is 4.92 Å². The van der Waals surface area contributed by atoms with Crippen molar-refractivity contribution in [2.45, 2.75) is 25.3 Å². The van der Waals surface area contributed by atoms with Crippen molar-refractivity contribution in [3.63, 3.8) is 0 Å². The summed E-state index contributed by atoms with van der Waals surface area (Å²) >= 11 is 0. The van der Waals surface area contributed by atoms with Gasteiger partial charge in [-0.3, -0.25) is 14.9 Å². The summed E-state index contributed by atoms with van der Waals surface area (Å²) < 4.78 is 0. The van der Waals surface area contributed by atoms with Crippen LogP contribution in [0.1, 0.15) is 18.4 Å². The molecule has 0 bridgehead atoms. The highest BCUT2D eigenvalue weighted by Crippen LogP contribution is 2.15. The molecule has 0 saturated carbocycles. The molecule has 0 aromatic heterocycles. The van der Waals surface area contributed by atoms with Crippen LogP contribution in [-0.2, 0) is 16.0 Å². The number of nitrogens with zero attached hydrogens (tertiary/aromatic N) is 1. The van der Waals surface area contributed by atoms with Gasteiger partial charge in [-0.1, -0.05) is 30.3 Å². The van der Waals surface area contributed by atoms with Crippen LogP contribution in [-0.4, -0.2) is 34.5 Å². The highest BCUT2D eigenvalue weighted by atomic mass is 16.6. The van der Waals surface area contributed by atoms with Crippen LogP contribution in [0.15, 0.2) is 54.6 Å². The molecule has 3 N–H and O–H groups in total. The van der Waals surface area contributed by atoms with Crippen LogP contribution >= 0.6 is 0 Å². The summed E-state index contributed by atoms with van der Waals surface area (Å²) in [6, 6.07) is 14.1. The van der Waals surface area contributed by atoms with Gasteiger partial charge in [-0.05, 0) is 24.1 Å². The number of rotatable bonds is 10. The monoisotopic (exact) mass is 371 g/mol. The number of carboxylic acid groups (broad SMARTS) is 1. The Hall–Kier alpha value is -3.42. The van der Waals surface area contributed by atoms with Gasteiger partial charge in [0.15, 0.2) is 0 Å². The minimum Gasteiger partial charge on any atom is -0.480 e. The highest BCUT2D eigenvalue weighted by molar-refractivity contribution is 5.83. The predicted molar refractivity (Wildman–Crippen MR) is 101 cm³/mol. The van der Waals surface area contributed by atoms with Crippen molar-refractivity contribution in [2.24, 2.45) is 0 Å². The first-order valence-corrected chi connectivity index (χ1v) is 8.50. The quantitative estimate of drug-likeness (QED) is 0.335. The molecule has 2 rings (SSSR count). The Balaban J connectivity index is 1.74. The maximum absolute atomic E-state index is 12.0. The first kappa shape index (κ1) is 19.9. The van der Waals surface area contributed by atoms with Crippen LogP contribution in [0, 0.1) is 10.1 Å². The Labute approximate surface area is 156 Å². The molecule has 1 atom stereocenters. The van der Waals surface area contributed by atoms with E-state index in [1.165, 1.54) is 12.1 Å². The Morgan fingerprint density at radius 3 is 2.33 bits per heavy atom. The molecule has 0 radical (unpaired) electrons. The number of non-ortho nitro benzene ring substituents is 1. The average molecular weight is 371 g/mol. The molecule has 0 heterocycles. The van der Waals surface area contributed by atoms with Crippen LogP contribution in [0.5, 0.6) is 0 Å². The molecule has 27 heavy (non-hydrogen) atoms. The molecule has 2 aromatic carbocycles. The lowest BCUT2D eigenvalue weighted by molar-refractivity contribution is -0.384. The van der Waals surface area contributed by atoms with E-state index in [4.69, 9.17) is 0 Å². The van der Waals surface area contributed by atoms with Gasteiger partial charge in [0.2, 0.25) is 5.91 Å². The summed E-state index contributed by atoms with van der Waals surface area (Å²) in [7, 11) is 0. The smallest absolute Gasteiger partial charge is 0.326 e. The minimum atomic E-state index is -1.07. The summed E-state index contributed by atoms with van der Waals surface area (Å²) in [5.41, 5.74) is 1.57. The van der Waals surface area contributed by atoms with Gasteiger partial charge in [0, 0.05) is 37.2 Å². The first-order valence-electron chi connectivity index (χ1n) is 8.50. The van der Waals surface area contributed by atoms with Gasteiger partial charge in [-0.2, -0.15) is 0 Å². The third-order valence-corrected chi connectivity index (χ3v) is 3.90. The largest absolute Gasteiger partial charge is 0.480 e. The van der Waals surface area contributed by atoms with Crippen molar-refractivity contribution in [1.29, 1.82) is 0 Å². The number of carbonyl (C=O) groups excluding carboxylic acids is 1. The zero-order valence-electron chi connectivity index (χ0n) is 14.6. The molecule has 8 heteroatoms. The van der Waals surface area contributed by atoms with E-state index < -0.39 is 16.9 Å². The van der Waals surface area contributed by atoms with E-state index in [2.05, 4.69) is 10.6 Å². The normalized spacial score (nSPS) is 11.4. The molecule has 0 aliphatic rings. The van der Waals surface area contributed by atoms with E-state index in [-0.39, 0.29) is 24.4 Å². The average Bonchev–Trinajstić information content (AvgIpc) is 2.66. The van der Waals surface area contributed by atoms with Crippen molar-refractivity contribution >= 4 is 23.3 Å². The summed E-state index contributed by atoms with van der Waals surface area (Å²) in [6.07, 6.45) is 0.905. The van der Waals surface area contributed by atoms with E-state index in [1.807, 2.05) is 30.3 Å². The molecule has 142 valence electrons. The second kappa shape index (κ2) is 9.91. The number of carboxylic acids is 1. The number of nitro benzene ring substituents is 1. The molecule has 0 aliphatic heterocycles. The lowest BCUT2D eigenvalue weighted by Gasteiger charge is -2.15. The van der Waals surface area contributed by atoms with Gasteiger partial charge in [-0.15, -0.1) is 0 Å². The molecule has 0 aliphatic carbocycles. The van der Waals surface area contributed by atoms with Crippen LogP contribution in [0.2, 0.25) is 0 Å². The van der Waals surface area contributed by atoms with E-state index in [1.54, 1.807) is 12.1 Å². The number of anilines is 1. The van der Waals surface area contributed by atoms with Crippen LogP contribution in [0.3, 0.4) is 0 Å². The lowest BCUT2D eigenvalue weighted by atomic mass is 10.1. The molecule has 0 fully saturated rings. The zero-order chi connectivity index (χ0) is 19.6. The number of hydrogen-bond donors (Lipinski definition) is 3. The van der Waals surface area contributed by atoms with Gasteiger partial charge in [0.25, 0.3) is 5.69 Å². The first-order chi connectivity index (χ1) is 13.0. The molecule has 8 nitrogen and oxygen atoms in total. The van der Waals surface area contributed by atoms with E-state index in [0.717, 1.165) is 5.56 Å². The molecule has 0 spiro atoms. The topological polar surface area (TPSA) is 122 Å². The van der Waals surface area contributed by atoms with Crippen LogP contribution < -0.4 is 10.6 Å². The Morgan fingerprint density at radius 2 is 1.74 bits per heavy atom. The minimum absolute atomic E-state index is 0.0121. The molecule has 0 saturated heterocycles. The predicted octanol–water partition coefficient (Wildman–Crippen LogP) is 2.60. The molecular weight excluding hydrogens is 350 g/mol. The summed E-state index contributed by atoms with van der Waals surface area (Å²) in [6.45, 7) is 0.488. The lowest BCUT2D eigenvalue weighted by Crippen LogP contribution is -2.42. The molecule has 2 aromatic rings. The fraction of sp³-hybridized carbons (Fsp3) is 0.263. The number of amides is 1. The molecule has 1 amide bonds. The molecule has 0 unspecified atom stereocenters. The van der Waals surface area contributed by atoms with Gasteiger partial charge >= 0.3 is 5.97 Å². The number of aliphatic carboxylic acids is 1. The Kier molecular flexibility index (Phi) is 7.30. The SMILES string of the molecule is O=C(CCCNc1ccc([N+](=O)[O-])cc1)N[C@@H](Cc1ccccc1)C(=O)O. The highest BCUT2D eigenvalue weighted by Gasteiger charge is 2.20. The fourth-order valence-electron chi connectivity index (χ4n) is 2.50. The van der Waals surface area contributed by atoms with Crippen molar-refractivity contribution in [2.75, 3.05) is 11.9 Å². The fourth-order valence-corrected chi connectivity index (χ4v) is 2.50. The second-order valence-electron chi connectivity index (χ2n) is 5.98. The van der Waals surface area contributed by atoms with Crippen molar-refractivity contribution in [1.82, 2.24) is 5.32 Å². The van der Waals surface area contributed by atoms with Crippen molar-refractivity contribution < 1.29 is 19.6 Å². The van der Waals surface area contributed by atoms with E-state index in [0.29, 0.717) is 18.7 Å². The van der Waals surface area contributed by atoms with E-state index in [9.17, 15) is 24.8 Å². The van der Waals surface area contributed by atoms with Crippen LogP contribution in [0.25, 0.3) is 0 Å². The number of nitrogens with one attached hydrogen (secondary N) is 2. The van der Waals surface area contributed by atoms with Crippen LogP contribution in [0.4, 0.5) is 11.4 Å². The number of hydrogen-bond acceptors (Lipinski definition) is 5. The zero-order valence-corrected chi connectivity index (χ0v) is 14.6. The summed E-state index contributed by atoms with van der Waals surface area (Å²) in [5.74, 6) is -1.40. The standard InChI is InChI=1S/C19H21N3O5/c23-18(21-17(19(24)25)13-14-5-2-1-3-6-14)7-4-12-20-15-8-10-16(11-9-15)22(26)27/h1-3,5-6,8-11,17,20H,4,7,12-13H2,(H,21,23)(H,24,25)/t17-/m0/s1. The number of nitro groups is 1. The summed E-state index contributed by atoms with van der Waals surface area (Å²) in [5, 5.41) is 25.5. The Morgan fingerprint density at radius 1 is 1.07 bits per heavy atom. The number of carbonyl (C=O) groups is 2. The van der Waals surface area contributed by atoms with Gasteiger partial charge in [0.1, 0.15) is 6.04 Å². The molecular formula is C19H21N3O5.